The van der Waals surface area contributed by atoms with Crippen molar-refractivity contribution >= 4 is 17.7 Å². The second-order valence-corrected chi connectivity index (χ2v) is 27.0. The molecule has 7 rings (SSSR count). The first-order valence-corrected chi connectivity index (χ1v) is 29.5. The van der Waals surface area contributed by atoms with Crippen LogP contribution in [0.5, 0.6) is 0 Å². The standard InChI is InChI=1S/C60H100FN3O15/c1-16-45-59(12,72)50(68)35(5)64(24-18-22-62-54(71)60(73)32(2)25-39-38-28-41(61)40-27-37(65)19-21-56(40,9)48(38)43(66)30-57(39,60)10)23-17-20-55(7,8)46(79-53-49(67)42(63(13)14)26-33(3)75-53)29-44(34(4)52(70)78-45)77-47-31-58(11,74-15)51(69)36(6)76-47/h19,21,27,32-36,38-39,41-51,53,66-69,72-73H,16-18,20,22-26,28-31H2,1-15H3,(H,62,71)/t32-,33+,34-,35-,36-,38?,39?,41+,42+,43+,44+,45-,46-,47-,48?,49?,50+,51-,53-,56+,57+,58+,59+,60+/m1/s1. The van der Waals surface area contributed by atoms with E-state index >= 15 is 4.39 Å². The van der Waals surface area contributed by atoms with Crippen LogP contribution in [0.4, 0.5) is 4.39 Å². The van der Waals surface area contributed by atoms with Gasteiger partial charge in [-0.25, -0.2) is 4.39 Å². The molecule has 0 aromatic rings. The van der Waals surface area contributed by atoms with E-state index in [4.69, 9.17) is 28.4 Å². The van der Waals surface area contributed by atoms with Crippen molar-refractivity contribution in [2.24, 2.45) is 45.8 Å². The highest BCUT2D eigenvalue weighted by atomic mass is 19.1. The number of likely N-dealkylation sites (N-methyl/N-ethyl adjacent to an activating group) is 1. The number of ketones is 1. The number of hydrogen-bond donors (Lipinski definition) is 7. The summed E-state index contributed by atoms with van der Waals surface area (Å²) in [5, 5.41) is 75.2. The largest absolute Gasteiger partial charge is 0.459 e. The predicted molar refractivity (Wildman–Crippen MR) is 293 cm³/mol. The maximum absolute atomic E-state index is 16.1. The first kappa shape index (κ1) is 64.1. The van der Waals surface area contributed by atoms with Crippen LogP contribution >= 0.6 is 0 Å². The zero-order valence-corrected chi connectivity index (χ0v) is 50.0. The van der Waals surface area contributed by atoms with E-state index in [0.717, 1.165) is 0 Å². The SMILES string of the molecule is CC[C@H]1OC(=O)[C@H](C)[C@@H](O[C@@H]2C[C@](C)(OC)[C@H](O)[C@@H](C)O2)C[C@@H](O[C@H]2O[C@@H](C)C[C@H](N(C)C)C2O)C(C)(C)CCCN(CCCNC(=O)[C@@]2(O)[C@H](C)CC3C4C[C@H](F)C5=CC(=O)C=C[C@]5(C)C4[C@@H](O)C[C@@]32C)[C@H](C)[C@H](O)[C@@]1(C)O. The molecule has 79 heavy (non-hydrogen) atoms. The molecule has 3 saturated heterocycles. The average Bonchev–Trinajstić information content (AvgIpc) is 3.05. The number of allylic oxidation sites excluding steroid dienone is 4. The summed E-state index contributed by atoms with van der Waals surface area (Å²) in [6.07, 6.45) is -3.74. The number of nitrogens with one attached hydrogen (secondary N) is 1. The highest BCUT2D eigenvalue weighted by Crippen LogP contribution is 2.68. The van der Waals surface area contributed by atoms with Crippen LogP contribution < -0.4 is 5.32 Å². The Kier molecular flexibility index (Phi) is 19.7. The van der Waals surface area contributed by atoms with Crippen molar-refractivity contribution in [3.8, 4) is 0 Å². The van der Waals surface area contributed by atoms with Crippen molar-refractivity contribution in [2.75, 3.05) is 40.8 Å². The van der Waals surface area contributed by atoms with Gasteiger partial charge in [-0.15, -0.1) is 0 Å². The Hall–Kier alpha value is -2.50. The third-order valence-electron chi connectivity index (χ3n) is 21.1. The van der Waals surface area contributed by atoms with Gasteiger partial charge >= 0.3 is 5.97 Å². The van der Waals surface area contributed by atoms with Gasteiger partial charge in [0.05, 0.1) is 42.0 Å². The summed E-state index contributed by atoms with van der Waals surface area (Å²) in [6.45, 7) is 22.8. The van der Waals surface area contributed by atoms with E-state index in [1.165, 1.54) is 26.2 Å². The first-order valence-electron chi connectivity index (χ1n) is 29.5. The quantitative estimate of drug-likeness (QED) is 0.103. The molecule has 0 aromatic heterocycles. The molecular weight excluding hydrogens is 1020 g/mol. The van der Waals surface area contributed by atoms with Crippen molar-refractivity contribution < 1.29 is 77.8 Å². The molecule has 0 radical (unpaired) electrons. The number of aliphatic hydroxyl groups excluding tert-OH is 4. The number of amides is 1. The molecule has 0 bridgehead atoms. The number of methoxy groups -OCH3 is 1. The lowest BCUT2D eigenvalue weighted by molar-refractivity contribution is -0.303. The topological polar surface area (TPSA) is 246 Å². The van der Waals surface area contributed by atoms with Gasteiger partial charge in [0.1, 0.15) is 36.2 Å². The van der Waals surface area contributed by atoms with Crippen molar-refractivity contribution in [3.63, 3.8) is 0 Å². The number of nitrogens with zero attached hydrogens (tertiary/aromatic N) is 2. The third kappa shape index (κ3) is 12.1. The van der Waals surface area contributed by atoms with Gasteiger partial charge in [0.2, 0.25) is 0 Å². The Balaban J connectivity index is 1.12. The summed E-state index contributed by atoms with van der Waals surface area (Å²) in [6, 6.07) is -0.961. The number of fused-ring (bicyclic) bond motifs is 5. The normalized spacial score (nSPS) is 48.2. The highest BCUT2D eigenvalue weighted by molar-refractivity contribution is 6.01. The number of esters is 1. The second kappa shape index (κ2) is 24.2. The molecule has 18 nitrogen and oxygen atoms in total. The van der Waals surface area contributed by atoms with E-state index in [1.807, 2.05) is 53.6 Å². The van der Waals surface area contributed by atoms with Crippen LogP contribution in [-0.4, -0.2) is 202 Å². The van der Waals surface area contributed by atoms with Crippen molar-refractivity contribution in [3.05, 3.63) is 23.8 Å². The van der Waals surface area contributed by atoms with Gasteiger partial charge in [0.15, 0.2) is 24.0 Å². The van der Waals surface area contributed by atoms with Crippen LogP contribution in [-0.2, 0) is 42.8 Å². The number of carbonyl (C=O) groups is 3. The fraction of sp³-hybridized carbons (Fsp3) is 0.883. The van der Waals surface area contributed by atoms with Gasteiger partial charge in [-0.2, -0.15) is 0 Å². The molecular formula is C60H100FN3O15. The number of hydrogen-bond acceptors (Lipinski definition) is 17. The molecule has 452 valence electrons. The zero-order chi connectivity index (χ0) is 58.7. The molecule has 0 spiro atoms. The molecule has 24 atom stereocenters. The smallest absolute Gasteiger partial charge is 0.311 e. The fourth-order valence-corrected chi connectivity index (χ4v) is 15.8. The van der Waals surface area contributed by atoms with Crippen LogP contribution in [0.3, 0.4) is 0 Å². The van der Waals surface area contributed by atoms with Crippen LogP contribution in [0.1, 0.15) is 147 Å². The summed E-state index contributed by atoms with van der Waals surface area (Å²) in [4.78, 5) is 45.6. The summed E-state index contributed by atoms with van der Waals surface area (Å²) in [5.74, 6) is -4.03. The van der Waals surface area contributed by atoms with E-state index in [-0.39, 0.29) is 68.4 Å². The fourth-order valence-electron chi connectivity index (χ4n) is 15.8. The lowest BCUT2D eigenvalue weighted by atomic mass is 9.46. The van der Waals surface area contributed by atoms with Gasteiger partial charge in [-0.3, -0.25) is 19.3 Å². The number of carbonyl (C=O) groups excluding carboxylic acids is 3. The van der Waals surface area contributed by atoms with Crippen LogP contribution in [0.15, 0.2) is 23.8 Å². The lowest BCUT2D eigenvalue weighted by Crippen LogP contribution is -2.65. The van der Waals surface area contributed by atoms with Gasteiger partial charge < -0.3 is 69.3 Å². The maximum atomic E-state index is 16.1. The Morgan fingerprint density at radius 1 is 0.924 bits per heavy atom. The minimum absolute atomic E-state index is 0.0904. The highest BCUT2D eigenvalue weighted by Gasteiger charge is 2.71. The van der Waals surface area contributed by atoms with Gasteiger partial charge in [0.25, 0.3) is 5.91 Å². The van der Waals surface area contributed by atoms with Crippen molar-refractivity contribution in [1.82, 2.24) is 15.1 Å². The molecule has 3 heterocycles. The van der Waals surface area contributed by atoms with Crippen LogP contribution in [0.2, 0.25) is 0 Å². The molecule has 1 amide bonds. The summed E-state index contributed by atoms with van der Waals surface area (Å²) >= 11 is 0. The van der Waals surface area contributed by atoms with E-state index in [2.05, 4.69) is 24.1 Å². The summed E-state index contributed by atoms with van der Waals surface area (Å²) in [7, 11) is 5.32. The monoisotopic (exact) mass is 1120 g/mol. The molecule has 6 fully saturated rings. The summed E-state index contributed by atoms with van der Waals surface area (Å²) in [5.41, 5.74) is -7.11. The van der Waals surface area contributed by atoms with E-state index < -0.39 is 136 Å². The molecule has 7 N–H and O–H groups in total. The molecule has 3 aliphatic heterocycles. The molecule has 4 unspecified atom stereocenters. The van der Waals surface area contributed by atoms with Crippen LogP contribution in [0, 0.1) is 45.8 Å². The number of alkyl halides is 1. The first-order chi connectivity index (χ1) is 36.7. The number of aliphatic hydroxyl groups is 6. The maximum Gasteiger partial charge on any atom is 0.311 e. The lowest BCUT2D eigenvalue weighted by Gasteiger charge is -2.60. The number of rotatable bonds is 12. The molecule has 4 aliphatic carbocycles. The molecule has 0 aromatic carbocycles. The minimum atomic E-state index is -1.94. The third-order valence-corrected chi connectivity index (χ3v) is 21.1. The Morgan fingerprint density at radius 2 is 1.61 bits per heavy atom. The van der Waals surface area contributed by atoms with Gasteiger partial charge in [-0.05, 0) is 154 Å². The number of halogens is 1. The summed E-state index contributed by atoms with van der Waals surface area (Å²) < 4.78 is 54.5. The predicted octanol–water partition coefficient (Wildman–Crippen LogP) is 4.76. The van der Waals surface area contributed by atoms with E-state index in [9.17, 15) is 45.0 Å². The number of ether oxygens (including phenoxy) is 6. The van der Waals surface area contributed by atoms with E-state index in [0.29, 0.717) is 50.8 Å². The number of cyclic esters (lactones) is 1. The second-order valence-electron chi connectivity index (χ2n) is 27.0. The average molecular weight is 1120 g/mol. The Bertz CT molecular complexity index is 2220. The Labute approximate surface area is 469 Å². The molecule has 7 aliphatic rings. The van der Waals surface area contributed by atoms with E-state index in [1.54, 1.807) is 33.8 Å². The molecule has 19 heteroatoms. The van der Waals surface area contributed by atoms with Crippen LogP contribution in [0.25, 0.3) is 0 Å². The van der Waals surface area contributed by atoms with Crippen molar-refractivity contribution in [1.29, 1.82) is 0 Å². The van der Waals surface area contributed by atoms with Gasteiger partial charge in [-0.1, -0.05) is 47.6 Å². The Morgan fingerprint density at radius 3 is 2.25 bits per heavy atom. The van der Waals surface area contributed by atoms with Crippen molar-refractivity contribution in [2.45, 2.75) is 250 Å². The minimum Gasteiger partial charge on any atom is -0.459 e. The van der Waals surface area contributed by atoms with Gasteiger partial charge in [0, 0.05) is 61.9 Å². The molecule has 3 saturated carbocycles. The zero-order valence-electron chi connectivity index (χ0n) is 50.0.